The third-order valence-corrected chi connectivity index (χ3v) is 6.83. The molecule has 0 saturated heterocycles. The van der Waals surface area contributed by atoms with Crippen LogP contribution in [0.25, 0.3) is 0 Å². The Hall–Kier alpha value is -0.720. The van der Waals surface area contributed by atoms with Gasteiger partial charge in [0.1, 0.15) is 0 Å². The first kappa shape index (κ1) is 16.6. The third-order valence-electron chi connectivity index (χ3n) is 4.10. The number of aryl methyl sites for hydroxylation is 1. The summed E-state index contributed by atoms with van der Waals surface area (Å²) in [5.41, 5.74) is 8.26. The monoisotopic (exact) mass is 328 g/mol. The lowest BCUT2D eigenvalue weighted by Gasteiger charge is -2.15. The minimum absolute atomic E-state index is 0.0434. The Kier molecular flexibility index (Phi) is 5.22. The molecule has 3 N–H and O–H groups in total. The van der Waals surface area contributed by atoms with Gasteiger partial charge in [0.15, 0.2) is 0 Å². The Bertz CT molecular complexity index is 591. The Morgan fingerprint density at radius 1 is 1.33 bits per heavy atom. The Morgan fingerprint density at radius 3 is 2.67 bits per heavy atom. The normalized spacial score (nSPS) is 22.6. The standard InChI is InChI=1S/C15H24N2O2S2/c1-4-20-13-6-5-12(8-13)17-21(18,19)14-7-10(2)11(3)15(16)9-14/h7,9,12-13,17H,4-6,8,16H2,1-3H3. The van der Waals surface area contributed by atoms with Crippen LogP contribution in [0.5, 0.6) is 0 Å². The van der Waals surface area contributed by atoms with Gasteiger partial charge in [-0.1, -0.05) is 6.92 Å². The number of rotatable bonds is 5. The van der Waals surface area contributed by atoms with Crippen LogP contribution in [0.2, 0.25) is 0 Å². The predicted molar refractivity (Wildman–Crippen MR) is 90.2 cm³/mol. The molecular weight excluding hydrogens is 304 g/mol. The van der Waals surface area contributed by atoms with E-state index >= 15 is 0 Å². The summed E-state index contributed by atoms with van der Waals surface area (Å²) in [6.07, 6.45) is 2.91. The van der Waals surface area contributed by atoms with Crippen molar-refractivity contribution in [3.8, 4) is 0 Å². The van der Waals surface area contributed by atoms with Crippen molar-refractivity contribution in [2.75, 3.05) is 11.5 Å². The highest BCUT2D eigenvalue weighted by Gasteiger charge is 2.29. The quantitative estimate of drug-likeness (QED) is 0.815. The van der Waals surface area contributed by atoms with Gasteiger partial charge in [-0.2, -0.15) is 11.8 Å². The van der Waals surface area contributed by atoms with Crippen molar-refractivity contribution in [1.29, 1.82) is 0 Å². The van der Waals surface area contributed by atoms with Gasteiger partial charge in [-0.15, -0.1) is 0 Å². The second-order valence-electron chi connectivity index (χ2n) is 5.66. The molecule has 6 heteroatoms. The van der Waals surface area contributed by atoms with E-state index in [0.29, 0.717) is 10.9 Å². The van der Waals surface area contributed by atoms with E-state index in [0.717, 1.165) is 36.1 Å². The number of benzene rings is 1. The van der Waals surface area contributed by atoms with E-state index in [-0.39, 0.29) is 10.9 Å². The van der Waals surface area contributed by atoms with Gasteiger partial charge in [-0.05, 0) is 62.1 Å². The Labute approximate surface area is 131 Å². The molecule has 0 amide bonds. The summed E-state index contributed by atoms with van der Waals surface area (Å²) in [7, 11) is -3.48. The number of nitrogens with one attached hydrogen (secondary N) is 1. The van der Waals surface area contributed by atoms with Gasteiger partial charge in [-0.3, -0.25) is 0 Å². The lowest BCUT2D eigenvalue weighted by atomic mass is 10.1. The molecule has 0 aliphatic heterocycles. The Balaban J connectivity index is 2.13. The number of hydrogen-bond acceptors (Lipinski definition) is 4. The molecule has 1 aromatic rings. The van der Waals surface area contributed by atoms with Gasteiger partial charge in [0.05, 0.1) is 4.90 Å². The van der Waals surface area contributed by atoms with Crippen LogP contribution >= 0.6 is 11.8 Å². The fraction of sp³-hybridized carbons (Fsp3) is 0.600. The zero-order chi connectivity index (χ0) is 15.6. The minimum atomic E-state index is -3.48. The first-order valence-corrected chi connectivity index (χ1v) is 9.87. The minimum Gasteiger partial charge on any atom is -0.398 e. The SMILES string of the molecule is CCSC1CCC(NS(=O)(=O)c2cc(C)c(C)c(N)c2)C1. The molecule has 2 unspecified atom stereocenters. The van der Waals surface area contributed by atoms with Crippen molar-refractivity contribution in [1.82, 2.24) is 4.72 Å². The van der Waals surface area contributed by atoms with Crippen LogP contribution in [-0.4, -0.2) is 25.5 Å². The zero-order valence-corrected chi connectivity index (χ0v) is 14.5. The van der Waals surface area contributed by atoms with E-state index in [9.17, 15) is 8.42 Å². The molecule has 0 spiro atoms. The lowest BCUT2D eigenvalue weighted by Crippen LogP contribution is -2.33. The van der Waals surface area contributed by atoms with Crippen molar-refractivity contribution in [2.45, 2.75) is 56.2 Å². The van der Waals surface area contributed by atoms with Crippen molar-refractivity contribution < 1.29 is 8.42 Å². The van der Waals surface area contributed by atoms with Crippen LogP contribution in [0.4, 0.5) is 5.69 Å². The zero-order valence-electron chi connectivity index (χ0n) is 12.8. The first-order chi connectivity index (χ1) is 9.83. The number of hydrogen-bond donors (Lipinski definition) is 2. The molecule has 1 saturated carbocycles. The molecule has 1 fully saturated rings. The predicted octanol–water partition coefficient (Wildman–Crippen LogP) is 2.84. The molecule has 0 bridgehead atoms. The second-order valence-corrected chi connectivity index (χ2v) is 8.95. The molecule has 2 atom stereocenters. The van der Waals surface area contributed by atoms with Crippen molar-refractivity contribution >= 4 is 27.5 Å². The van der Waals surface area contributed by atoms with Gasteiger partial charge >= 0.3 is 0 Å². The maximum absolute atomic E-state index is 12.5. The van der Waals surface area contributed by atoms with E-state index in [4.69, 9.17) is 5.73 Å². The third kappa shape index (κ3) is 3.93. The molecule has 0 aromatic heterocycles. The molecule has 4 nitrogen and oxygen atoms in total. The molecule has 2 rings (SSSR count). The first-order valence-electron chi connectivity index (χ1n) is 7.34. The van der Waals surface area contributed by atoms with Crippen LogP contribution in [0.1, 0.15) is 37.3 Å². The summed E-state index contributed by atoms with van der Waals surface area (Å²) < 4.78 is 27.8. The van der Waals surface area contributed by atoms with Gasteiger partial charge < -0.3 is 5.73 Å². The number of sulfonamides is 1. The van der Waals surface area contributed by atoms with Crippen LogP contribution in [-0.2, 0) is 10.0 Å². The molecule has 1 aromatic carbocycles. The summed E-state index contributed by atoms with van der Waals surface area (Å²) in [4.78, 5) is 0.273. The smallest absolute Gasteiger partial charge is 0.240 e. The highest BCUT2D eigenvalue weighted by atomic mass is 32.2. The number of nitrogens with two attached hydrogens (primary N) is 1. The molecule has 1 aliphatic carbocycles. The fourth-order valence-corrected chi connectivity index (χ4v) is 5.27. The molecule has 21 heavy (non-hydrogen) atoms. The molecule has 0 heterocycles. The van der Waals surface area contributed by atoms with E-state index < -0.39 is 10.0 Å². The fourth-order valence-electron chi connectivity index (χ4n) is 2.73. The maximum Gasteiger partial charge on any atom is 0.240 e. The number of nitrogen functional groups attached to an aromatic ring is 1. The van der Waals surface area contributed by atoms with Gasteiger partial charge in [0.25, 0.3) is 0 Å². The molecule has 0 radical (unpaired) electrons. The van der Waals surface area contributed by atoms with E-state index in [1.165, 1.54) is 0 Å². The highest BCUT2D eigenvalue weighted by molar-refractivity contribution is 7.99. The van der Waals surface area contributed by atoms with Gasteiger partial charge in [-0.25, -0.2) is 13.1 Å². The molecular formula is C15H24N2O2S2. The summed E-state index contributed by atoms with van der Waals surface area (Å²) in [6, 6.07) is 3.29. The van der Waals surface area contributed by atoms with E-state index in [1.54, 1.807) is 12.1 Å². The summed E-state index contributed by atoms with van der Waals surface area (Å²) >= 11 is 1.92. The van der Waals surface area contributed by atoms with Crippen LogP contribution in [0.15, 0.2) is 17.0 Å². The average molecular weight is 329 g/mol. The van der Waals surface area contributed by atoms with Crippen molar-refractivity contribution in [3.05, 3.63) is 23.3 Å². The van der Waals surface area contributed by atoms with Crippen molar-refractivity contribution in [2.24, 2.45) is 0 Å². The number of thioether (sulfide) groups is 1. The molecule has 118 valence electrons. The summed E-state index contributed by atoms with van der Waals surface area (Å²) in [5, 5.41) is 0.576. The summed E-state index contributed by atoms with van der Waals surface area (Å²) in [5.74, 6) is 1.08. The van der Waals surface area contributed by atoms with E-state index in [2.05, 4.69) is 11.6 Å². The average Bonchev–Trinajstić information content (AvgIpc) is 2.82. The van der Waals surface area contributed by atoms with Crippen molar-refractivity contribution in [3.63, 3.8) is 0 Å². The topological polar surface area (TPSA) is 72.2 Å². The number of anilines is 1. The van der Waals surface area contributed by atoms with Gasteiger partial charge in [0, 0.05) is 17.0 Å². The largest absolute Gasteiger partial charge is 0.398 e. The maximum atomic E-state index is 12.5. The second kappa shape index (κ2) is 6.58. The van der Waals surface area contributed by atoms with Crippen LogP contribution in [0.3, 0.4) is 0 Å². The lowest BCUT2D eigenvalue weighted by molar-refractivity contribution is 0.552. The molecule has 1 aliphatic rings. The van der Waals surface area contributed by atoms with Crippen LogP contribution < -0.4 is 10.5 Å². The van der Waals surface area contributed by atoms with Gasteiger partial charge in [0.2, 0.25) is 10.0 Å². The summed E-state index contributed by atoms with van der Waals surface area (Å²) in [6.45, 7) is 5.92. The van der Waals surface area contributed by atoms with E-state index in [1.807, 2.05) is 25.6 Å². The van der Waals surface area contributed by atoms with Crippen LogP contribution in [0, 0.1) is 13.8 Å². The highest BCUT2D eigenvalue weighted by Crippen LogP contribution is 2.31. The Morgan fingerprint density at radius 2 is 2.05 bits per heavy atom.